The minimum Gasteiger partial charge on any atom is -0.449 e. The summed E-state index contributed by atoms with van der Waals surface area (Å²) in [6, 6.07) is 10.3. The summed E-state index contributed by atoms with van der Waals surface area (Å²) in [7, 11) is -3.97. The molecule has 0 bridgehead atoms. The molecule has 138 valence electrons. The SMILES string of the molecule is Cc1ccc(C(=O)O[C@@H](C)C(N)=O)cc1S(=O)(=O)Nc1cccc(Cl)c1. The van der Waals surface area contributed by atoms with Crippen molar-refractivity contribution in [1.82, 2.24) is 0 Å². The van der Waals surface area contributed by atoms with E-state index in [1.807, 2.05) is 0 Å². The first kappa shape index (κ1) is 19.7. The van der Waals surface area contributed by atoms with Gasteiger partial charge in [0.15, 0.2) is 6.10 Å². The summed E-state index contributed by atoms with van der Waals surface area (Å²) in [6.45, 7) is 2.92. The molecule has 2 aromatic rings. The fourth-order valence-electron chi connectivity index (χ4n) is 2.07. The Balaban J connectivity index is 2.33. The van der Waals surface area contributed by atoms with Crippen LogP contribution in [0.4, 0.5) is 5.69 Å². The second kappa shape index (κ2) is 7.76. The predicted molar refractivity (Wildman–Crippen MR) is 97.5 cm³/mol. The number of sulfonamides is 1. The van der Waals surface area contributed by atoms with Crippen molar-refractivity contribution in [1.29, 1.82) is 0 Å². The maximum absolute atomic E-state index is 12.7. The molecular weight excluding hydrogens is 380 g/mol. The number of carbonyl (C=O) groups excluding carboxylic acids is 2. The minimum absolute atomic E-state index is 0.0184. The molecule has 1 atom stereocenters. The molecule has 0 fully saturated rings. The number of halogens is 1. The molecule has 26 heavy (non-hydrogen) atoms. The van der Waals surface area contributed by atoms with Crippen molar-refractivity contribution < 1.29 is 22.7 Å². The zero-order valence-corrected chi connectivity index (χ0v) is 15.6. The fourth-order valence-corrected chi connectivity index (χ4v) is 3.58. The molecule has 0 radical (unpaired) electrons. The normalized spacial score (nSPS) is 12.3. The average molecular weight is 397 g/mol. The molecule has 0 saturated carbocycles. The number of nitrogens with one attached hydrogen (secondary N) is 1. The lowest BCUT2D eigenvalue weighted by atomic mass is 10.1. The highest BCUT2D eigenvalue weighted by atomic mass is 35.5. The Bertz CT molecular complexity index is 959. The van der Waals surface area contributed by atoms with Crippen LogP contribution in [0.25, 0.3) is 0 Å². The maximum Gasteiger partial charge on any atom is 0.338 e. The monoisotopic (exact) mass is 396 g/mol. The number of hydrogen-bond donors (Lipinski definition) is 2. The Morgan fingerprint density at radius 2 is 1.88 bits per heavy atom. The fraction of sp³-hybridized carbons (Fsp3) is 0.176. The number of benzene rings is 2. The lowest BCUT2D eigenvalue weighted by molar-refractivity contribution is -0.125. The van der Waals surface area contributed by atoms with Gasteiger partial charge in [-0.25, -0.2) is 13.2 Å². The molecule has 3 N–H and O–H groups in total. The summed E-state index contributed by atoms with van der Waals surface area (Å²) in [5.41, 5.74) is 5.75. The van der Waals surface area contributed by atoms with E-state index in [2.05, 4.69) is 4.72 Å². The molecule has 2 aromatic carbocycles. The van der Waals surface area contributed by atoms with Gasteiger partial charge < -0.3 is 10.5 Å². The van der Waals surface area contributed by atoms with Gasteiger partial charge in [-0.1, -0.05) is 23.7 Å². The zero-order valence-electron chi connectivity index (χ0n) is 14.0. The third kappa shape index (κ3) is 4.74. The number of nitrogens with two attached hydrogens (primary N) is 1. The molecule has 7 nitrogen and oxygen atoms in total. The average Bonchev–Trinajstić information content (AvgIpc) is 2.54. The topological polar surface area (TPSA) is 116 Å². The largest absolute Gasteiger partial charge is 0.449 e. The molecule has 2 rings (SSSR count). The Morgan fingerprint density at radius 3 is 2.50 bits per heavy atom. The number of ether oxygens (including phenoxy) is 1. The Morgan fingerprint density at radius 1 is 1.19 bits per heavy atom. The molecule has 0 aliphatic carbocycles. The lowest BCUT2D eigenvalue weighted by Crippen LogP contribution is -2.30. The van der Waals surface area contributed by atoms with Gasteiger partial charge in [-0.3, -0.25) is 9.52 Å². The number of esters is 1. The van der Waals surface area contributed by atoms with Gasteiger partial charge in [0.05, 0.1) is 16.1 Å². The summed E-state index contributed by atoms with van der Waals surface area (Å²) < 4.78 is 32.6. The molecule has 0 aliphatic heterocycles. The Labute approximate surface area is 156 Å². The van der Waals surface area contributed by atoms with Crippen molar-refractivity contribution in [3.63, 3.8) is 0 Å². The van der Waals surface area contributed by atoms with E-state index in [-0.39, 0.29) is 16.1 Å². The van der Waals surface area contributed by atoms with Crippen LogP contribution in [-0.4, -0.2) is 26.4 Å². The van der Waals surface area contributed by atoms with E-state index in [0.717, 1.165) is 0 Å². The number of rotatable bonds is 6. The number of hydrogen-bond acceptors (Lipinski definition) is 5. The third-order valence-corrected chi connectivity index (χ3v) is 5.23. The van der Waals surface area contributed by atoms with Gasteiger partial charge in [0.2, 0.25) is 0 Å². The summed E-state index contributed by atoms with van der Waals surface area (Å²) in [5.74, 6) is -1.66. The van der Waals surface area contributed by atoms with Gasteiger partial charge >= 0.3 is 5.97 Å². The second-order valence-electron chi connectivity index (χ2n) is 5.55. The number of amides is 1. The number of aryl methyl sites for hydroxylation is 1. The maximum atomic E-state index is 12.7. The summed E-state index contributed by atoms with van der Waals surface area (Å²) in [5, 5.41) is 0.375. The van der Waals surface area contributed by atoms with Crippen molar-refractivity contribution >= 4 is 39.2 Å². The molecule has 0 saturated heterocycles. The lowest BCUT2D eigenvalue weighted by Gasteiger charge is -2.13. The van der Waals surface area contributed by atoms with Gasteiger partial charge in [-0.15, -0.1) is 0 Å². The highest BCUT2D eigenvalue weighted by Gasteiger charge is 2.22. The van der Waals surface area contributed by atoms with E-state index in [1.54, 1.807) is 25.1 Å². The summed E-state index contributed by atoms with van der Waals surface area (Å²) in [6.07, 6.45) is -1.13. The van der Waals surface area contributed by atoms with Gasteiger partial charge in [0.1, 0.15) is 0 Å². The first-order chi connectivity index (χ1) is 12.1. The van der Waals surface area contributed by atoms with Crippen LogP contribution in [0.2, 0.25) is 5.02 Å². The number of carbonyl (C=O) groups is 2. The van der Waals surface area contributed by atoms with E-state index in [9.17, 15) is 18.0 Å². The Kier molecular flexibility index (Phi) is 5.89. The Hall–Kier alpha value is -2.58. The molecule has 0 aliphatic rings. The predicted octanol–water partition coefficient (Wildman–Crippen LogP) is 2.48. The van der Waals surface area contributed by atoms with Crippen LogP contribution in [0.5, 0.6) is 0 Å². The van der Waals surface area contributed by atoms with Crippen LogP contribution in [0, 0.1) is 6.92 Å². The van der Waals surface area contributed by atoms with Crippen molar-refractivity contribution in [2.45, 2.75) is 24.8 Å². The standard InChI is InChI=1S/C17H17ClN2O5S/c1-10-6-7-12(17(22)25-11(2)16(19)21)8-15(10)26(23,24)20-14-5-3-4-13(18)9-14/h3-9,11,20H,1-2H3,(H2,19,21)/t11-/m0/s1. The molecule has 0 unspecified atom stereocenters. The molecule has 0 spiro atoms. The quantitative estimate of drug-likeness (QED) is 0.727. The smallest absolute Gasteiger partial charge is 0.338 e. The van der Waals surface area contributed by atoms with Crippen LogP contribution in [-0.2, 0) is 19.6 Å². The highest BCUT2D eigenvalue weighted by Crippen LogP contribution is 2.23. The van der Waals surface area contributed by atoms with Crippen molar-refractivity contribution in [2.24, 2.45) is 5.73 Å². The molecule has 9 heteroatoms. The van der Waals surface area contributed by atoms with Crippen LogP contribution >= 0.6 is 11.6 Å². The zero-order chi connectivity index (χ0) is 19.5. The first-order valence-corrected chi connectivity index (χ1v) is 9.35. The molecule has 0 aromatic heterocycles. The van der Waals surface area contributed by atoms with Gasteiger partial charge in [-0.05, 0) is 49.7 Å². The molecular formula is C17H17ClN2O5S. The number of primary amides is 1. The summed E-state index contributed by atoms with van der Waals surface area (Å²) >= 11 is 5.86. The van der Waals surface area contributed by atoms with Crippen molar-refractivity contribution in [3.8, 4) is 0 Å². The second-order valence-corrected chi connectivity index (χ2v) is 7.63. The van der Waals surface area contributed by atoms with Crippen LogP contribution < -0.4 is 10.5 Å². The van der Waals surface area contributed by atoms with E-state index in [4.69, 9.17) is 22.1 Å². The first-order valence-electron chi connectivity index (χ1n) is 7.49. The van der Waals surface area contributed by atoms with E-state index in [1.165, 1.54) is 31.2 Å². The highest BCUT2D eigenvalue weighted by molar-refractivity contribution is 7.92. The van der Waals surface area contributed by atoms with Gasteiger partial charge in [0, 0.05) is 5.02 Å². The minimum atomic E-state index is -3.97. The van der Waals surface area contributed by atoms with Gasteiger partial charge in [0.25, 0.3) is 15.9 Å². The van der Waals surface area contributed by atoms with Crippen molar-refractivity contribution in [2.75, 3.05) is 4.72 Å². The molecule has 0 heterocycles. The van der Waals surface area contributed by atoms with Crippen LogP contribution in [0.15, 0.2) is 47.4 Å². The van der Waals surface area contributed by atoms with E-state index in [0.29, 0.717) is 10.6 Å². The van der Waals surface area contributed by atoms with E-state index >= 15 is 0 Å². The number of anilines is 1. The van der Waals surface area contributed by atoms with E-state index < -0.39 is 28.0 Å². The van der Waals surface area contributed by atoms with Gasteiger partial charge in [-0.2, -0.15) is 0 Å². The van der Waals surface area contributed by atoms with Crippen LogP contribution in [0.1, 0.15) is 22.8 Å². The van der Waals surface area contributed by atoms with Crippen molar-refractivity contribution in [3.05, 3.63) is 58.6 Å². The molecule has 1 amide bonds. The summed E-state index contributed by atoms with van der Waals surface area (Å²) in [4.78, 5) is 23.0. The third-order valence-electron chi connectivity index (χ3n) is 3.47. The van der Waals surface area contributed by atoms with Crippen LogP contribution in [0.3, 0.4) is 0 Å².